The topological polar surface area (TPSA) is 48.4 Å². The highest BCUT2D eigenvalue weighted by Gasteiger charge is 2.31. The molecule has 1 aromatic rings. The van der Waals surface area contributed by atoms with Gasteiger partial charge in [0.05, 0.1) is 6.61 Å². The Balaban J connectivity index is 2.15. The molecule has 15 heavy (non-hydrogen) atoms. The minimum absolute atomic E-state index is 0.319. The van der Waals surface area contributed by atoms with E-state index in [1.807, 2.05) is 0 Å². The van der Waals surface area contributed by atoms with Gasteiger partial charge in [-0.2, -0.15) is 0 Å². The average molecular weight is 272 g/mol. The average Bonchev–Trinajstić information content (AvgIpc) is 2.63. The fourth-order valence-electron chi connectivity index (χ4n) is 1.49. The molecule has 2 heterocycles. The van der Waals surface area contributed by atoms with Crippen LogP contribution >= 0.6 is 15.9 Å². The zero-order valence-corrected chi connectivity index (χ0v) is 9.78. The number of carbonyl (C=O) groups is 1. The third-order valence-electron chi connectivity index (χ3n) is 2.17. The molecule has 1 atom stereocenters. The number of ether oxygens (including phenoxy) is 2. The molecule has 0 saturated carbocycles. The van der Waals surface area contributed by atoms with Gasteiger partial charge in [0.15, 0.2) is 6.10 Å². The highest BCUT2D eigenvalue weighted by molar-refractivity contribution is 9.10. The number of carbonyl (C=O) groups excluding carboxylic acids is 1. The fraction of sp³-hybridized carbons (Fsp3) is 0.400. The first-order valence-electron chi connectivity index (χ1n) is 4.69. The van der Waals surface area contributed by atoms with Crippen LogP contribution in [-0.4, -0.2) is 23.7 Å². The molecule has 0 spiro atoms. The monoisotopic (exact) mass is 271 g/mol. The Morgan fingerprint density at radius 1 is 1.80 bits per heavy atom. The van der Waals surface area contributed by atoms with Crippen molar-refractivity contribution in [2.24, 2.45) is 0 Å². The van der Waals surface area contributed by atoms with E-state index in [1.165, 1.54) is 0 Å². The lowest BCUT2D eigenvalue weighted by Gasteiger charge is -2.08. The normalized spacial score (nSPS) is 18.1. The molecule has 0 bridgehead atoms. The van der Waals surface area contributed by atoms with Gasteiger partial charge in [-0.1, -0.05) is 0 Å². The van der Waals surface area contributed by atoms with Crippen LogP contribution in [0.3, 0.4) is 0 Å². The van der Waals surface area contributed by atoms with Gasteiger partial charge in [0.25, 0.3) is 0 Å². The molecule has 5 heteroatoms. The highest BCUT2D eigenvalue weighted by atomic mass is 79.9. The Kier molecular flexibility index (Phi) is 2.90. The minimum atomic E-state index is -0.527. The first-order valence-corrected chi connectivity index (χ1v) is 5.48. The van der Waals surface area contributed by atoms with Crippen LogP contribution in [0.4, 0.5) is 0 Å². The second kappa shape index (κ2) is 4.18. The van der Waals surface area contributed by atoms with E-state index in [2.05, 4.69) is 20.9 Å². The SMILES string of the molecule is CCOC(=O)C1Cc2c(ccnc2Br)O1. The first-order chi connectivity index (χ1) is 7.22. The van der Waals surface area contributed by atoms with Crippen molar-refractivity contribution in [3.63, 3.8) is 0 Å². The van der Waals surface area contributed by atoms with Crippen molar-refractivity contribution in [2.45, 2.75) is 19.4 Å². The Bertz CT molecular complexity index is 394. The van der Waals surface area contributed by atoms with E-state index in [9.17, 15) is 4.79 Å². The van der Waals surface area contributed by atoms with Gasteiger partial charge in [0.2, 0.25) is 0 Å². The molecule has 0 fully saturated rings. The van der Waals surface area contributed by atoms with Gasteiger partial charge in [-0.25, -0.2) is 9.78 Å². The van der Waals surface area contributed by atoms with Crippen molar-refractivity contribution in [1.82, 2.24) is 4.98 Å². The summed E-state index contributed by atoms with van der Waals surface area (Å²) in [6.07, 6.45) is 1.62. The smallest absolute Gasteiger partial charge is 0.347 e. The maximum Gasteiger partial charge on any atom is 0.347 e. The molecule has 0 amide bonds. The van der Waals surface area contributed by atoms with Crippen LogP contribution in [0.5, 0.6) is 5.75 Å². The summed E-state index contributed by atoms with van der Waals surface area (Å²) >= 11 is 3.32. The number of rotatable bonds is 2. The van der Waals surface area contributed by atoms with Crippen molar-refractivity contribution in [3.05, 3.63) is 22.4 Å². The summed E-state index contributed by atoms with van der Waals surface area (Å²) in [6, 6.07) is 1.75. The maximum absolute atomic E-state index is 11.4. The summed E-state index contributed by atoms with van der Waals surface area (Å²) in [5.41, 5.74) is 0.926. The lowest BCUT2D eigenvalue weighted by molar-refractivity contribution is -0.150. The Labute approximate surface area is 95.7 Å². The summed E-state index contributed by atoms with van der Waals surface area (Å²) in [5, 5.41) is 0. The number of fused-ring (bicyclic) bond motifs is 1. The van der Waals surface area contributed by atoms with Crippen LogP contribution < -0.4 is 4.74 Å². The molecule has 0 aliphatic carbocycles. The van der Waals surface area contributed by atoms with Crippen molar-refractivity contribution in [3.8, 4) is 5.75 Å². The summed E-state index contributed by atoms with van der Waals surface area (Å²) in [7, 11) is 0. The lowest BCUT2D eigenvalue weighted by Crippen LogP contribution is -2.27. The Morgan fingerprint density at radius 2 is 2.60 bits per heavy atom. The van der Waals surface area contributed by atoms with Crippen molar-refractivity contribution in [1.29, 1.82) is 0 Å². The molecule has 1 aromatic heterocycles. The molecule has 0 saturated heterocycles. The quantitative estimate of drug-likeness (QED) is 0.607. The van der Waals surface area contributed by atoms with Crippen LogP contribution in [0.1, 0.15) is 12.5 Å². The van der Waals surface area contributed by atoms with Gasteiger partial charge in [-0.05, 0) is 28.9 Å². The number of nitrogens with zero attached hydrogens (tertiary/aromatic N) is 1. The van der Waals surface area contributed by atoms with Gasteiger partial charge in [0, 0.05) is 18.2 Å². The standard InChI is InChI=1S/C10H10BrNO3/c1-2-14-10(13)8-5-6-7(15-8)3-4-12-9(6)11/h3-4,8H,2,5H2,1H3. The molecule has 0 N–H and O–H groups in total. The summed E-state index contributed by atoms with van der Waals surface area (Å²) in [4.78, 5) is 15.5. The van der Waals surface area contributed by atoms with E-state index in [0.717, 1.165) is 10.2 Å². The van der Waals surface area contributed by atoms with Crippen LogP contribution in [0.15, 0.2) is 16.9 Å². The van der Waals surface area contributed by atoms with Crippen LogP contribution in [0.25, 0.3) is 0 Å². The summed E-state index contributed by atoms with van der Waals surface area (Å²) in [5.74, 6) is 0.385. The highest BCUT2D eigenvalue weighted by Crippen LogP contribution is 2.33. The molecule has 0 radical (unpaired) electrons. The summed E-state index contributed by atoms with van der Waals surface area (Å²) in [6.45, 7) is 2.14. The predicted molar refractivity (Wildman–Crippen MR) is 56.7 cm³/mol. The van der Waals surface area contributed by atoms with Gasteiger partial charge in [-0.15, -0.1) is 0 Å². The largest absolute Gasteiger partial charge is 0.478 e. The molecule has 1 aliphatic heterocycles. The van der Waals surface area contributed by atoms with Gasteiger partial charge < -0.3 is 9.47 Å². The number of esters is 1. The lowest BCUT2D eigenvalue weighted by atomic mass is 10.1. The second-order valence-electron chi connectivity index (χ2n) is 3.14. The number of pyridine rings is 1. The van der Waals surface area contributed by atoms with Crippen LogP contribution in [0.2, 0.25) is 0 Å². The van der Waals surface area contributed by atoms with E-state index in [-0.39, 0.29) is 5.97 Å². The molecule has 80 valence electrons. The van der Waals surface area contributed by atoms with Gasteiger partial charge >= 0.3 is 5.97 Å². The zero-order valence-electron chi connectivity index (χ0n) is 8.20. The third-order valence-corrected chi connectivity index (χ3v) is 2.85. The van der Waals surface area contributed by atoms with Crippen LogP contribution in [-0.2, 0) is 16.0 Å². The number of aromatic nitrogens is 1. The van der Waals surface area contributed by atoms with E-state index in [4.69, 9.17) is 9.47 Å². The van der Waals surface area contributed by atoms with E-state index >= 15 is 0 Å². The maximum atomic E-state index is 11.4. The molecule has 0 aromatic carbocycles. The molecular weight excluding hydrogens is 262 g/mol. The van der Waals surface area contributed by atoms with Crippen LogP contribution in [0, 0.1) is 0 Å². The van der Waals surface area contributed by atoms with E-state index in [0.29, 0.717) is 18.8 Å². The summed E-state index contributed by atoms with van der Waals surface area (Å²) < 4.78 is 11.1. The number of hydrogen-bond donors (Lipinski definition) is 0. The van der Waals surface area contributed by atoms with Crippen molar-refractivity contribution in [2.75, 3.05) is 6.61 Å². The van der Waals surface area contributed by atoms with Gasteiger partial charge in [0.1, 0.15) is 10.4 Å². The number of halogens is 1. The molecule has 4 nitrogen and oxygen atoms in total. The van der Waals surface area contributed by atoms with E-state index in [1.54, 1.807) is 19.2 Å². The van der Waals surface area contributed by atoms with Crippen molar-refractivity contribution >= 4 is 21.9 Å². The molecule has 1 unspecified atom stereocenters. The molecule has 1 aliphatic rings. The predicted octanol–water partition coefficient (Wildman–Crippen LogP) is 1.71. The second-order valence-corrected chi connectivity index (χ2v) is 3.89. The van der Waals surface area contributed by atoms with Crippen molar-refractivity contribution < 1.29 is 14.3 Å². The fourth-order valence-corrected chi connectivity index (χ4v) is 1.97. The number of hydrogen-bond acceptors (Lipinski definition) is 4. The van der Waals surface area contributed by atoms with Gasteiger partial charge in [-0.3, -0.25) is 0 Å². The molecule has 2 rings (SSSR count). The zero-order chi connectivity index (χ0) is 10.8. The first kappa shape index (κ1) is 10.4. The Morgan fingerprint density at radius 3 is 3.27 bits per heavy atom. The third kappa shape index (κ3) is 1.97. The Hall–Kier alpha value is -1.10. The minimum Gasteiger partial charge on any atom is -0.478 e. The van der Waals surface area contributed by atoms with E-state index < -0.39 is 6.10 Å². The molecular formula is C10H10BrNO3.